The lowest BCUT2D eigenvalue weighted by Gasteiger charge is -2.17. The third-order valence-corrected chi connectivity index (χ3v) is 9.34. The number of hydrogen-bond donors (Lipinski definition) is 0. The molecular weight excluding hydrogens is 585 g/mol. The van der Waals surface area contributed by atoms with E-state index in [-0.39, 0.29) is 0 Å². The molecule has 0 unspecified atom stereocenters. The highest BCUT2D eigenvalue weighted by molar-refractivity contribution is 6.11. The van der Waals surface area contributed by atoms with E-state index in [2.05, 4.69) is 149 Å². The molecule has 0 atom stereocenters. The van der Waals surface area contributed by atoms with Gasteiger partial charge in [-0.1, -0.05) is 91.0 Å². The average molecular weight is 611 g/mol. The lowest BCUT2D eigenvalue weighted by atomic mass is 9.93. The molecular formula is C44H26N4. The molecule has 48 heavy (non-hydrogen) atoms. The minimum atomic E-state index is 0.629. The van der Waals surface area contributed by atoms with Crippen molar-refractivity contribution in [3.63, 3.8) is 0 Å². The first-order chi connectivity index (χ1) is 23.7. The lowest BCUT2D eigenvalue weighted by Crippen LogP contribution is -2.00. The van der Waals surface area contributed by atoms with Crippen LogP contribution in [0.5, 0.6) is 0 Å². The Labute approximate surface area is 277 Å². The Morgan fingerprint density at radius 3 is 1.42 bits per heavy atom. The van der Waals surface area contributed by atoms with Gasteiger partial charge < -0.3 is 9.13 Å². The number of nitrogens with zero attached hydrogens (tertiary/aromatic N) is 4. The van der Waals surface area contributed by atoms with Crippen LogP contribution in [-0.2, 0) is 0 Å². The molecule has 9 rings (SSSR count). The summed E-state index contributed by atoms with van der Waals surface area (Å²) in [4.78, 5) is 0. The van der Waals surface area contributed by atoms with E-state index in [0.717, 1.165) is 66.5 Å². The minimum absolute atomic E-state index is 0.629. The van der Waals surface area contributed by atoms with Gasteiger partial charge in [-0.15, -0.1) is 0 Å². The Morgan fingerprint density at radius 2 is 0.833 bits per heavy atom. The second kappa shape index (κ2) is 10.9. The predicted octanol–water partition coefficient (Wildman–Crippen LogP) is 11.0. The van der Waals surface area contributed by atoms with Crippen molar-refractivity contribution in [3.8, 4) is 45.8 Å². The zero-order valence-corrected chi connectivity index (χ0v) is 25.8. The largest absolute Gasteiger partial charge is 0.309 e. The maximum Gasteiger partial charge on any atom is 0.0991 e. The first-order valence-electron chi connectivity index (χ1n) is 15.9. The number of para-hydroxylation sites is 3. The molecule has 7 aromatic carbocycles. The molecule has 0 saturated heterocycles. The fraction of sp³-hybridized carbons (Fsp3) is 0. The number of nitriles is 2. The van der Waals surface area contributed by atoms with Gasteiger partial charge in [0.25, 0.3) is 0 Å². The van der Waals surface area contributed by atoms with Gasteiger partial charge in [-0.2, -0.15) is 10.5 Å². The van der Waals surface area contributed by atoms with Crippen LogP contribution in [0.2, 0.25) is 0 Å². The van der Waals surface area contributed by atoms with Crippen molar-refractivity contribution >= 4 is 43.6 Å². The molecule has 0 spiro atoms. The Hall–Kier alpha value is -6.88. The van der Waals surface area contributed by atoms with Crippen LogP contribution in [-0.4, -0.2) is 9.13 Å². The molecule has 0 radical (unpaired) electrons. The van der Waals surface area contributed by atoms with Crippen LogP contribution in [0.4, 0.5) is 0 Å². The van der Waals surface area contributed by atoms with Crippen molar-refractivity contribution < 1.29 is 0 Å². The van der Waals surface area contributed by atoms with Crippen molar-refractivity contribution in [3.05, 3.63) is 169 Å². The second-order valence-electron chi connectivity index (χ2n) is 12.0. The number of aromatic nitrogens is 2. The highest BCUT2D eigenvalue weighted by Crippen LogP contribution is 2.40. The Morgan fingerprint density at radius 1 is 0.354 bits per heavy atom. The van der Waals surface area contributed by atoms with Crippen molar-refractivity contribution in [1.29, 1.82) is 10.5 Å². The van der Waals surface area contributed by atoms with E-state index < -0.39 is 0 Å². The maximum absolute atomic E-state index is 9.75. The van der Waals surface area contributed by atoms with Crippen LogP contribution >= 0.6 is 0 Å². The average Bonchev–Trinajstić information content (AvgIpc) is 3.67. The van der Waals surface area contributed by atoms with Crippen molar-refractivity contribution in [2.45, 2.75) is 0 Å². The summed E-state index contributed by atoms with van der Waals surface area (Å²) in [5.74, 6) is 0. The smallest absolute Gasteiger partial charge is 0.0991 e. The van der Waals surface area contributed by atoms with Crippen LogP contribution in [0.3, 0.4) is 0 Å². The molecule has 0 aliphatic carbocycles. The molecule has 222 valence electrons. The zero-order chi connectivity index (χ0) is 32.2. The minimum Gasteiger partial charge on any atom is -0.309 e. The Balaban J connectivity index is 1.40. The standard InChI is InChI=1S/C44H26N4/c45-27-29-10-9-11-31(22-29)35-12-1-2-13-36(35)32-24-33(47-41-17-6-3-14-37(41)38-15-4-7-18-42(38)47)26-34(25-32)48-43-19-8-5-16-39(43)40-23-30(28-46)20-21-44(40)48/h1-26H. The Kier molecular flexibility index (Phi) is 6.22. The van der Waals surface area contributed by atoms with E-state index in [9.17, 15) is 10.5 Å². The summed E-state index contributed by atoms with van der Waals surface area (Å²) in [6, 6.07) is 59.1. The Bertz CT molecular complexity index is 2760. The number of hydrogen-bond acceptors (Lipinski definition) is 2. The van der Waals surface area contributed by atoms with Gasteiger partial charge in [0.15, 0.2) is 0 Å². The van der Waals surface area contributed by atoms with Crippen LogP contribution in [0, 0.1) is 22.7 Å². The van der Waals surface area contributed by atoms with Crippen molar-refractivity contribution in [2.24, 2.45) is 0 Å². The summed E-state index contributed by atoms with van der Waals surface area (Å²) < 4.78 is 4.67. The third-order valence-electron chi connectivity index (χ3n) is 9.34. The summed E-state index contributed by atoms with van der Waals surface area (Å²) in [6.45, 7) is 0. The summed E-state index contributed by atoms with van der Waals surface area (Å²) in [7, 11) is 0. The zero-order valence-electron chi connectivity index (χ0n) is 25.8. The highest BCUT2D eigenvalue weighted by Gasteiger charge is 2.18. The lowest BCUT2D eigenvalue weighted by molar-refractivity contribution is 1.13. The topological polar surface area (TPSA) is 57.4 Å². The molecule has 9 aromatic rings. The monoisotopic (exact) mass is 610 g/mol. The summed E-state index contributed by atoms with van der Waals surface area (Å²) in [5.41, 5.74) is 11.9. The van der Waals surface area contributed by atoms with E-state index in [0.29, 0.717) is 11.1 Å². The van der Waals surface area contributed by atoms with E-state index in [1.54, 1.807) is 0 Å². The SMILES string of the molecule is N#Cc1cccc(-c2ccccc2-c2cc(-n3c4ccccc4c4ccccc43)cc(-n3c4ccccc4c4cc(C#N)ccc43)c2)c1. The van der Waals surface area contributed by atoms with Gasteiger partial charge in [-0.25, -0.2) is 0 Å². The summed E-state index contributed by atoms with van der Waals surface area (Å²) >= 11 is 0. The van der Waals surface area contributed by atoms with E-state index in [1.165, 1.54) is 10.8 Å². The van der Waals surface area contributed by atoms with E-state index in [1.807, 2.05) is 30.3 Å². The van der Waals surface area contributed by atoms with Gasteiger partial charge in [-0.3, -0.25) is 0 Å². The highest BCUT2D eigenvalue weighted by atomic mass is 15.0. The maximum atomic E-state index is 9.75. The molecule has 2 aromatic heterocycles. The molecule has 4 nitrogen and oxygen atoms in total. The third kappa shape index (κ3) is 4.22. The van der Waals surface area contributed by atoms with E-state index >= 15 is 0 Å². The van der Waals surface area contributed by atoms with Crippen LogP contribution in [0.1, 0.15) is 11.1 Å². The molecule has 2 heterocycles. The van der Waals surface area contributed by atoms with Gasteiger partial charge in [-0.05, 0) is 89.0 Å². The molecule has 0 fully saturated rings. The fourth-order valence-corrected chi connectivity index (χ4v) is 7.27. The molecule has 0 N–H and O–H groups in total. The molecule has 0 saturated carbocycles. The second-order valence-corrected chi connectivity index (χ2v) is 12.0. The quantitative estimate of drug-likeness (QED) is 0.199. The van der Waals surface area contributed by atoms with Crippen LogP contribution < -0.4 is 0 Å². The van der Waals surface area contributed by atoms with E-state index in [4.69, 9.17) is 0 Å². The van der Waals surface area contributed by atoms with Crippen molar-refractivity contribution in [2.75, 3.05) is 0 Å². The van der Waals surface area contributed by atoms with Crippen LogP contribution in [0.25, 0.3) is 77.2 Å². The van der Waals surface area contributed by atoms with Gasteiger partial charge in [0.1, 0.15) is 0 Å². The van der Waals surface area contributed by atoms with Gasteiger partial charge >= 0.3 is 0 Å². The van der Waals surface area contributed by atoms with Crippen LogP contribution in [0.15, 0.2) is 158 Å². The predicted molar refractivity (Wildman–Crippen MR) is 195 cm³/mol. The van der Waals surface area contributed by atoms with Gasteiger partial charge in [0.05, 0.1) is 45.3 Å². The molecule has 0 aliphatic heterocycles. The fourth-order valence-electron chi connectivity index (χ4n) is 7.27. The van der Waals surface area contributed by atoms with Gasteiger partial charge in [0, 0.05) is 32.9 Å². The number of benzene rings is 7. The molecule has 0 amide bonds. The number of fused-ring (bicyclic) bond motifs is 6. The van der Waals surface area contributed by atoms with Gasteiger partial charge in [0.2, 0.25) is 0 Å². The molecule has 0 bridgehead atoms. The normalized spacial score (nSPS) is 11.3. The van der Waals surface area contributed by atoms with Crippen molar-refractivity contribution in [1.82, 2.24) is 9.13 Å². The molecule has 4 heteroatoms. The first kappa shape index (κ1) is 27.4. The first-order valence-corrected chi connectivity index (χ1v) is 15.9. The summed E-state index contributed by atoms with van der Waals surface area (Å²) in [5, 5.41) is 24.0. The number of rotatable bonds is 4. The summed E-state index contributed by atoms with van der Waals surface area (Å²) in [6.07, 6.45) is 0. The molecule has 0 aliphatic rings.